The molecule has 0 amide bonds. The molecule has 0 unspecified atom stereocenters. The van der Waals surface area contributed by atoms with E-state index in [0.717, 1.165) is 12.8 Å². The van der Waals surface area contributed by atoms with Gasteiger partial charge in [0.05, 0.1) is 0 Å². The summed E-state index contributed by atoms with van der Waals surface area (Å²) in [6.45, 7) is 2.15. The average Bonchev–Trinajstić information content (AvgIpc) is 2.89. The molecule has 1 fully saturated rings. The lowest BCUT2D eigenvalue weighted by Gasteiger charge is -2.36. The second-order valence-electron chi connectivity index (χ2n) is 5.44. The lowest BCUT2D eigenvalue weighted by molar-refractivity contribution is -0.143. The Bertz CT molecular complexity index is 632. The van der Waals surface area contributed by atoms with Crippen LogP contribution in [0.15, 0.2) is 12.1 Å². The van der Waals surface area contributed by atoms with E-state index < -0.39 is 11.5 Å². The molecule has 2 aromatic heterocycles. The minimum atomic E-state index is -0.943. The summed E-state index contributed by atoms with van der Waals surface area (Å²) < 4.78 is 1.28. The Morgan fingerprint density at radius 3 is 2.90 bits per heavy atom. The second kappa shape index (κ2) is 4.69. The van der Waals surface area contributed by atoms with Gasteiger partial charge in [0.2, 0.25) is 0 Å². The van der Waals surface area contributed by atoms with Crippen LogP contribution in [0.2, 0.25) is 0 Å². The fourth-order valence-corrected chi connectivity index (χ4v) is 2.61. The van der Waals surface area contributed by atoms with Crippen molar-refractivity contribution in [3.8, 4) is 0 Å². The summed E-state index contributed by atoms with van der Waals surface area (Å²) in [5.74, 6) is 0.212. The molecule has 20 heavy (non-hydrogen) atoms. The van der Waals surface area contributed by atoms with Crippen LogP contribution in [0, 0.1) is 5.92 Å². The highest BCUT2D eigenvalue weighted by Gasteiger charge is 2.41. The molecule has 0 spiro atoms. The number of nitrogens with zero attached hydrogens (tertiary/aromatic N) is 5. The van der Waals surface area contributed by atoms with Gasteiger partial charge in [0, 0.05) is 0 Å². The zero-order valence-corrected chi connectivity index (χ0v) is 11.2. The first-order valence-corrected chi connectivity index (χ1v) is 6.66. The molecule has 1 saturated carbocycles. The molecule has 3 rings (SSSR count). The van der Waals surface area contributed by atoms with E-state index >= 15 is 0 Å². The molecular formula is C12H16N6O2. The van der Waals surface area contributed by atoms with Crippen molar-refractivity contribution < 1.29 is 9.90 Å². The topological polar surface area (TPSA) is 105 Å². The predicted molar refractivity (Wildman–Crippen MR) is 70.2 cm³/mol. The van der Waals surface area contributed by atoms with Gasteiger partial charge in [-0.05, 0) is 54.2 Å². The minimum absolute atomic E-state index is 0.474. The van der Waals surface area contributed by atoms with Crippen LogP contribution >= 0.6 is 0 Å². The third-order valence-corrected chi connectivity index (χ3v) is 3.97. The molecule has 1 aliphatic rings. The smallest absolute Gasteiger partial charge is 0.329 e. The normalized spacial score (nSPS) is 26.6. The molecule has 0 bridgehead atoms. The van der Waals surface area contributed by atoms with Crippen molar-refractivity contribution in [1.82, 2.24) is 25.3 Å². The van der Waals surface area contributed by atoms with Gasteiger partial charge in [0.25, 0.3) is 0 Å². The van der Waals surface area contributed by atoms with E-state index in [-0.39, 0.29) is 0 Å². The summed E-state index contributed by atoms with van der Waals surface area (Å²) in [5, 5.41) is 27.8. The van der Waals surface area contributed by atoms with Gasteiger partial charge < -0.3 is 10.4 Å². The van der Waals surface area contributed by atoms with Crippen LogP contribution in [-0.4, -0.2) is 41.9 Å². The van der Waals surface area contributed by atoms with Crippen LogP contribution in [0.5, 0.6) is 0 Å². The zero-order chi connectivity index (χ0) is 14.2. The fourth-order valence-electron chi connectivity index (χ4n) is 2.61. The zero-order valence-electron chi connectivity index (χ0n) is 11.2. The highest BCUT2D eigenvalue weighted by molar-refractivity contribution is 5.82. The third kappa shape index (κ3) is 2.17. The molecular weight excluding hydrogens is 260 g/mol. The van der Waals surface area contributed by atoms with Crippen molar-refractivity contribution in [2.75, 3.05) is 5.32 Å². The largest absolute Gasteiger partial charge is 0.480 e. The first-order valence-electron chi connectivity index (χ1n) is 6.66. The standard InChI is InChI=1S/C12H16N6O2/c1-8-4-6-12(7-5-8,11(19)20)13-9-2-3-10-14-16-17-18(10)15-9/h2-3,8H,4-7H2,1H3,(H,13,15)(H,19,20). The number of rotatable bonds is 3. The summed E-state index contributed by atoms with van der Waals surface area (Å²) in [6.07, 6.45) is 2.98. The summed E-state index contributed by atoms with van der Waals surface area (Å²) >= 11 is 0. The van der Waals surface area contributed by atoms with Gasteiger partial charge >= 0.3 is 5.97 Å². The van der Waals surface area contributed by atoms with Crippen LogP contribution in [0.4, 0.5) is 5.82 Å². The number of anilines is 1. The second-order valence-corrected chi connectivity index (χ2v) is 5.44. The Labute approximate surface area is 115 Å². The molecule has 106 valence electrons. The van der Waals surface area contributed by atoms with Crippen molar-refractivity contribution in [1.29, 1.82) is 0 Å². The summed E-state index contributed by atoms with van der Waals surface area (Å²) in [6, 6.07) is 3.41. The first-order chi connectivity index (χ1) is 9.59. The highest BCUT2D eigenvalue weighted by atomic mass is 16.4. The summed E-state index contributed by atoms with van der Waals surface area (Å²) in [4.78, 5) is 11.7. The number of carboxylic acid groups (broad SMARTS) is 1. The number of nitrogens with one attached hydrogen (secondary N) is 1. The van der Waals surface area contributed by atoms with Gasteiger partial charge in [-0.15, -0.1) is 14.8 Å². The molecule has 0 saturated heterocycles. The maximum atomic E-state index is 11.7. The van der Waals surface area contributed by atoms with Crippen molar-refractivity contribution in [2.24, 2.45) is 5.92 Å². The van der Waals surface area contributed by atoms with Gasteiger partial charge in [-0.1, -0.05) is 6.92 Å². The molecule has 2 aromatic rings. The predicted octanol–water partition coefficient (Wildman–Crippen LogP) is 0.965. The third-order valence-electron chi connectivity index (χ3n) is 3.97. The lowest BCUT2D eigenvalue weighted by atomic mass is 9.77. The lowest BCUT2D eigenvalue weighted by Crippen LogP contribution is -2.49. The number of tetrazole rings is 1. The molecule has 0 aliphatic heterocycles. The molecule has 1 aliphatic carbocycles. The van der Waals surface area contributed by atoms with Crippen molar-refractivity contribution in [3.63, 3.8) is 0 Å². The number of fused-ring (bicyclic) bond motifs is 1. The maximum Gasteiger partial charge on any atom is 0.329 e. The van der Waals surface area contributed by atoms with E-state index in [2.05, 4.69) is 32.9 Å². The van der Waals surface area contributed by atoms with Gasteiger partial charge in [0.15, 0.2) is 5.65 Å². The van der Waals surface area contributed by atoms with Crippen molar-refractivity contribution >= 4 is 17.4 Å². The maximum absolute atomic E-state index is 11.7. The van der Waals surface area contributed by atoms with Gasteiger partial charge in [-0.25, -0.2) is 4.79 Å². The SMILES string of the molecule is CC1CCC(Nc2ccc3nnnn3n2)(C(=O)O)CC1. The number of hydrogen-bond acceptors (Lipinski definition) is 6. The molecule has 0 radical (unpaired) electrons. The van der Waals surface area contributed by atoms with Crippen LogP contribution in [-0.2, 0) is 4.79 Å². The molecule has 2 heterocycles. The van der Waals surface area contributed by atoms with E-state index in [0.29, 0.717) is 30.2 Å². The van der Waals surface area contributed by atoms with Crippen molar-refractivity contribution in [3.05, 3.63) is 12.1 Å². The quantitative estimate of drug-likeness (QED) is 0.860. The Kier molecular flexibility index (Phi) is 3.00. The van der Waals surface area contributed by atoms with Gasteiger partial charge in [-0.3, -0.25) is 0 Å². The average molecular weight is 276 g/mol. The monoisotopic (exact) mass is 276 g/mol. The Morgan fingerprint density at radius 2 is 2.20 bits per heavy atom. The summed E-state index contributed by atoms with van der Waals surface area (Å²) in [7, 11) is 0. The number of carbonyl (C=O) groups is 1. The molecule has 2 N–H and O–H groups in total. The Hall–Kier alpha value is -2.25. The molecule has 8 heteroatoms. The number of carboxylic acids is 1. The van der Waals surface area contributed by atoms with Crippen LogP contribution in [0.25, 0.3) is 5.65 Å². The fraction of sp³-hybridized carbons (Fsp3) is 0.583. The molecule has 0 atom stereocenters. The molecule has 0 aromatic carbocycles. The van der Waals surface area contributed by atoms with E-state index in [9.17, 15) is 9.90 Å². The van der Waals surface area contributed by atoms with Crippen LogP contribution in [0.3, 0.4) is 0 Å². The van der Waals surface area contributed by atoms with E-state index in [1.165, 1.54) is 4.63 Å². The summed E-state index contributed by atoms with van der Waals surface area (Å²) in [5.41, 5.74) is -0.418. The van der Waals surface area contributed by atoms with Crippen LogP contribution in [0.1, 0.15) is 32.6 Å². The van der Waals surface area contributed by atoms with Crippen molar-refractivity contribution in [2.45, 2.75) is 38.1 Å². The van der Waals surface area contributed by atoms with E-state index in [1.54, 1.807) is 12.1 Å². The Balaban J connectivity index is 1.87. The van der Waals surface area contributed by atoms with E-state index in [4.69, 9.17) is 0 Å². The van der Waals surface area contributed by atoms with Gasteiger partial charge in [0.1, 0.15) is 11.4 Å². The number of aliphatic carboxylic acids is 1. The number of hydrogen-bond donors (Lipinski definition) is 2. The number of aromatic nitrogens is 5. The van der Waals surface area contributed by atoms with E-state index in [1.807, 2.05) is 0 Å². The minimum Gasteiger partial charge on any atom is -0.480 e. The first kappa shape index (κ1) is 12.8. The highest BCUT2D eigenvalue weighted by Crippen LogP contribution is 2.34. The molecule has 8 nitrogen and oxygen atoms in total. The van der Waals surface area contributed by atoms with Gasteiger partial charge in [-0.2, -0.15) is 0 Å². The Morgan fingerprint density at radius 1 is 1.45 bits per heavy atom. The van der Waals surface area contributed by atoms with Crippen LogP contribution < -0.4 is 5.32 Å².